The fourth-order valence-corrected chi connectivity index (χ4v) is 3.72. The van der Waals surface area contributed by atoms with Gasteiger partial charge in [-0.2, -0.15) is 18.6 Å². The third-order valence-corrected chi connectivity index (χ3v) is 5.74. The molecule has 3 rings (SSSR count). The quantitative estimate of drug-likeness (QED) is 0.453. The Morgan fingerprint density at radius 1 is 1.14 bits per heavy atom. The number of rotatable bonds is 7. The van der Waals surface area contributed by atoms with E-state index in [0.29, 0.717) is 28.8 Å². The van der Waals surface area contributed by atoms with Crippen LogP contribution in [0.15, 0.2) is 58.5 Å². The number of halogens is 1. The van der Waals surface area contributed by atoms with Crippen molar-refractivity contribution in [3.05, 3.63) is 70.5 Å². The van der Waals surface area contributed by atoms with Gasteiger partial charge < -0.3 is 4.74 Å². The molecular weight excluding hydrogens is 412 g/mol. The molecule has 1 N–H and O–H groups in total. The molecule has 7 nitrogen and oxygen atoms in total. The highest BCUT2D eigenvalue weighted by Gasteiger charge is 2.15. The van der Waals surface area contributed by atoms with Gasteiger partial charge in [0.15, 0.2) is 0 Å². The molecule has 3 aromatic rings. The van der Waals surface area contributed by atoms with E-state index in [1.54, 1.807) is 23.7 Å². The number of hydrogen-bond acceptors (Lipinski definition) is 5. The van der Waals surface area contributed by atoms with E-state index in [0.717, 1.165) is 11.3 Å². The Kier molecular flexibility index (Phi) is 6.24. The molecule has 1 heterocycles. The molecule has 29 heavy (non-hydrogen) atoms. The van der Waals surface area contributed by atoms with Gasteiger partial charge in [-0.3, -0.25) is 0 Å². The zero-order valence-corrected chi connectivity index (χ0v) is 17.8. The zero-order valence-electron chi connectivity index (χ0n) is 16.3. The van der Waals surface area contributed by atoms with Crippen LogP contribution in [-0.2, 0) is 10.0 Å². The summed E-state index contributed by atoms with van der Waals surface area (Å²) in [5.74, 6) is 0.598. The highest BCUT2D eigenvalue weighted by Crippen LogP contribution is 2.22. The first-order valence-corrected chi connectivity index (χ1v) is 10.8. The maximum Gasteiger partial charge on any atom is 0.276 e. The number of aromatic nitrogens is 2. The molecule has 9 heteroatoms. The minimum atomic E-state index is -3.81. The SMILES string of the molecule is CCOc1ccc(S(=O)(=O)N/N=C\c2c(C)nn(-c3ccc(C)cc3)c2Cl)cc1. The summed E-state index contributed by atoms with van der Waals surface area (Å²) in [6, 6.07) is 13.8. The predicted molar refractivity (Wildman–Crippen MR) is 114 cm³/mol. The number of nitrogens with zero attached hydrogens (tertiary/aromatic N) is 3. The molecule has 152 valence electrons. The summed E-state index contributed by atoms with van der Waals surface area (Å²) < 4.78 is 31.7. The van der Waals surface area contributed by atoms with Gasteiger partial charge in [-0.25, -0.2) is 9.51 Å². The maximum atomic E-state index is 12.4. The summed E-state index contributed by atoms with van der Waals surface area (Å²) in [5.41, 5.74) is 3.08. The Hall–Kier alpha value is -2.84. The molecule has 0 aliphatic carbocycles. The lowest BCUT2D eigenvalue weighted by Crippen LogP contribution is -2.18. The number of sulfonamides is 1. The summed E-state index contributed by atoms with van der Waals surface area (Å²) in [7, 11) is -3.81. The fourth-order valence-electron chi connectivity index (χ4n) is 2.61. The van der Waals surface area contributed by atoms with E-state index in [1.807, 2.05) is 38.1 Å². The molecule has 2 aromatic carbocycles. The number of hydrogen-bond donors (Lipinski definition) is 1. The van der Waals surface area contributed by atoms with Crippen molar-refractivity contribution in [2.75, 3.05) is 6.61 Å². The lowest BCUT2D eigenvalue weighted by molar-refractivity contribution is 0.340. The molecule has 0 atom stereocenters. The average molecular weight is 433 g/mol. The molecule has 0 amide bonds. The Morgan fingerprint density at radius 3 is 2.41 bits per heavy atom. The largest absolute Gasteiger partial charge is 0.494 e. The molecule has 0 aliphatic rings. The monoisotopic (exact) mass is 432 g/mol. The second-order valence-corrected chi connectivity index (χ2v) is 8.31. The van der Waals surface area contributed by atoms with Crippen LogP contribution in [0.3, 0.4) is 0 Å². The number of nitrogens with one attached hydrogen (secondary N) is 1. The van der Waals surface area contributed by atoms with Crippen molar-refractivity contribution in [1.82, 2.24) is 14.6 Å². The Labute approximate surface area is 175 Å². The minimum Gasteiger partial charge on any atom is -0.494 e. The van der Waals surface area contributed by atoms with Crippen molar-refractivity contribution in [3.8, 4) is 11.4 Å². The molecule has 0 saturated heterocycles. The third-order valence-electron chi connectivity index (χ3n) is 4.14. The van der Waals surface area contributed by atoms with Gasteiger partial charge in [0.2, 0.25) is 0 Å². The predicted octanol–water partition coefficient (Wildman–Crippen LogP) is 3.85. The average Bonchev–Trinajstić information content (AvgIpc) is 2.97. The summed E-state index contributed by atoms with van der Waals surface area (Å²) in [6.45, 7) is 6.13. The van der Waals surface area contributed by atoms with Crippen LogP contribution in [-0.4, -0.2) is 31.0 Å². The minimum absolute atomic E-state index is 0.0799. The number of benzene rings is 2. The van der Waals surface area contributed by atoms with E-state index < -0.39 is 10.0 Å². The van der Waals surface area contributed by atoms with Gasteiger partial charge in [-0.15, -0.1) is 0 Å². The van der Waals surface area contributed by atoms with Gasteiger partial charge in [0, 0.05) is 0 Å². The number of ether oxygens (including phenoxy) is 1. The van der Waals surface area contributed by atoms with Crippen molar-refractivity contribution >= 4 is 27.8 Å². The van der Waals surface area contributed by atoms with Crippen molar-refractivity contribution in [2.24, 2.45) is 5.10 Å². The van der Waals surface area contributed by atoms with Gasteiger partial charge in [0.05, 0.1) is 34.7 Å². The van der Waals surface area contributed by atoms with Crippen molar-refractivity contribution < 1.29 is 13.2 Å². The molecule has 0 radical (unpaired) electrons. The van der Waals surface area contributed by atoms with Crippen molar-refractivity contribution in [1.29, 1.82) is 0 Å². The first-order valence-electron chi connectivity index (χ1n) is 8.91. The molecule has 1 aromatic heterocycles. The summed E-state index contributed by atoms with van der Waals surface area (Å²) in [5, 5.41) is 8.62. The third kappa shape index (κ3) is 4.78. The van der Waals surface area contributed by atoms with E-state index in [2.05, 4.69) is 15.0 Å². The van der Waals surface area contributed by atoms with Crippen molar-refractivity contribution in [3.63, 3.8) is 0 Å². The Morgan fingerprint density at radius 2 is 1.79 bits per heavy atom. The standard InChI is InChI=1S/C20H21ClN4O3S/c1-4-28-17-9-11-18(12-10-17)29(26,27)24-22-13-19-15(3)23-25(20(19)21)16-7-5-14(2)6-8-16/h5-13,24H,4H2,1-3H3/b22-13-. The molecule has 0 saturated carbocycles. The Bertz CT molecular complexity index is 1120. The number of aryl methyl sites for hydroxylation is 2. The molecule has 0 spiro atoms. The Balaban J connectivity index is 1.78. The second-order valence-electron chi connectivity index (χ2n) is 6.29. The molecule has 0 bridgehead atoms. The van der Waals surface area contributed by atoms with Crippen LogP contribution in [0.25, 0.3) is 5.69 Å². The summed E-state index contributed by atoms with van der Waals surface area (Å²) in [6.07, 6.45) is 1.35. The maximum absolute atomic E-state index is 12.4. The number of hydrazone groups is 1. The normalized spacial score (nSPS) is 11.7. The molecule has 0 aliphatic heterocycles. The fraction of sp³-hybridized carbons (Fsp3) is 0.200. The smallest absolute Gasteiger partial charge is 0.276 e. The lowest BCUT2D eigenvalue weighted by Gasteiger charge is -2.06. The molecule has 0 fully saturated rings. The lowest BCUT2D eigenvalue weighted by atomic mass is 10.2. The van der Waals surface area contributed by atoms with Crippen LogP contribution in [0.4, 0.5) is 0 Å². The first-order chi connectivity index (χ1) is 13.8. The van der Waals surface area contributed by atoms with Crippen LogP contribution < -0.4 is 9.57 Å². The van der Waals surface area contributed by atoms with Gasteiger partial charge in [-0.05, 0) is 57.2 Å². The van der Waals surface area contributed by atoms with E-state index in [4.69, 9.17) is 16.3 Å². The van der Waals surface area contributed by atoms with Crippen LogP contribution in [0, 0.1) is 13.8 Å². The van der Waals surface area contributed by atoms with Gasteiger partial charge in [-0.1, -0.05) is 29.3 Å². The van der Waals surface area contributed by atoms with E-state index >= 15 is 0 Å². The van der Waals surface area contributed by atoms with E-state index in [1.165, 1.54) is 18.3 Å². The zero-order chi connectivity index (χ0) is 21.0. The first kappa shape index (κ1) is 20.9. The van der Waals surface area contributed by atoms with Gasteiger partial charge in [0.1, 0.15) is 10.9 Å². The van der Waals surface area contributed by atoms with Gasteiger partial charge in [0.25, 0.3) is 10.0 Å². The highest BCUT2D eigenvalue weighted by molar-refractivity contribution is 7.89. The van der Waals surface area contributed by atoms with Crippen LogP contribution in [0.1, 0.15) is 23.7 Å². The van der Waals surface area contributed by atoms with Crippen LogP contribution in [0.5, 0.6) is 5.75 Å². The van der Waals surface area contributed by atoms with Gasteiger partial charge >= 0.3 is 0 Å². The summed E-state index contributed by atoms with van der Waals surface area (Å²) >= 11 is 6.44. The van der Waals surface area contributed by atoms with Crippen LogP contribution in [0.2, 0.25) is 5.15 Å². The van der Waals surface area contributed by atoms with Crippen LogP contribution >= 0.6 is 11.6 Å². The second kappa shape index (κ2) is 8.67. The highest BCUT2D eigenvalue weighted by atomic mass is 35.5. The van der Waals surface area contributed by atoms with Crippen molar-refractivity contribution in [2.45, 2.75) is 25.7 Å². The topological polar surface area (TPSA) is 85.6 Å². The molecular formula is C20H21ClN4O3S. The van der Waals surface area contributed by atoms with E-state index in [-0.39, 0.29) is 4.90 Å². The van der Waals surface area contributed by atoms with E-state index in [9.17, 15) is 8.42 Å². The molecule has 0 unspecified atom stereocenters. The summed E-state index contributed by atoms with van der Waals surface area (Å²) in [4.78, 5) is 2.27.